The largest absolute Gasteiger partial charge is 0.353 e. The molecule has 0 bridgehead atoms. The van der Waals surface area contributed by atoms with Crippen molar-refractivity contribution in [3.05, 3.63) is 53.7 Å². The molecule has 0 unspecified atom stereocenters. The Labute approximate surface area is 175 Å². The summed E-state index contributed by atoms with van der Waals surface area (Å²) in [6.45, 7) is 0.714. The second-order valence-electron chi connectivity index (χ2n) is 6.37. The Morgan fingerprint density at radius 2 is 2.10 bits per heavy atom. The number of imidazole rings is 1. The van der Waals surface area contributed by atoms with Crippen molar-refractivity contribution in [3.8, 4) is 16.5 Å². The fourth-order valence-corrected chi connectivity index (χ4v) is 3.88. The van der Waals surface area contributed by atoms with E-state index < -0.39 is 0 Å². The monoisotopic (exact) mass is 419 g/mol. The molecule has 0 spiro atoms. The minimum absolute atomic E-state index is 0.189. The van der Waals surface area contributed by atoms with Gasteiger partial charge in [-0.05, 0) is 24.3 Å². The lowest BCUT2D eigenvalue weighted by molar-refractivity contribution is -0.120. The molecular weight excluding hydrogens is 402 g/mol. The van der Waals surface area contributed by atoms with Crippen molar-refractivity contribution in [1.82, 2.24) is 25.1 Å². The summed E-state index contributed by atoms with van der Waals surface area (Å²) in [6.07, 6.45) is 3.28. The van der Waals surface area contributed by atoms with E-state index in [1.807, 2.05) is 41.0 Å². The number of aromatic nitrogens is 4. The highest BCUT2D eigenvalue weighted by atomic mass is 32.1. The first kappa shape index (κ1) is 19.4. The van der Waals surface area contributed by atoms with Gasteiger partial charge in [0.15, 0.2) is 0 Å². The molecule has 30 heavy (non-hydrogen) atoms. The Morgan fingerprint density at radius 3 is 2.90 bits per heavy atom. The summed E-state index contributed by atoms with van der Waals surface area (Å²) in [5.74, 6) is -0.202. The summed E-state index contributed by atoms with van der Waals surface area (Å²) >= 11 is 1.36. The summed E-state index contributed by atoms with van der Waals surface area (Å²) in [7, 11) is 0. The Hall–Kier alpha value is -3.97. The van der Waals surface area contributed by atoms with Gasteiger partial charge in [-0.25, -0.2) is 4.98 Å². The third kappa shape index (κ3) is 4.06. The maximum absolute atomic E-state index is 12.8. The minimum atomic E-state index is -0.335. The number of nitrogens with one attached hydrogen (secondary N) is 3. The van der Waals surface area contributed by atoms with Crippen molar-refractivity contribution in [1.29, 1.82) is 5.26 Å². The lowest BCUT2D eigenvalue weighted by Crippen LogP contribution is -2.27. The molecule has 1 aromatic carbocycles. The zero-order valence-electron chi connectivity index (χ0n) is 15.8. The van der Waals surface area contributed by atoms with Gasteiger partial charge in [0.2, 0.25) is 11.9 Å². The molecule has 3 heterocycles. The van der Waals surface area contributed by atoms with Crippen LogP contribution in [0.5, 0.6) is 0 Å². The van der Waals surface area contributed by atoms with Crippen LogP contribution in [0.1, 0.15) is 16.1 Å². The van der Waals surface area contributed by atoms with E-state index in [9.17, 15) is 9.59 Å². The van der Waals surface area contributed by atoms with Crippen molar-refractivity contribution in [3.63, 3.8) is 0 Å². The highest BCUT2D eigenvalue weighted by molar-refractivity contribution is 7.17. The number of hydrogen-bond acceptors (Lipinski definition) is 6. The second kappa shape index (κ2) is 8.59. The number of carbonyl (C=O) groups is 2. The average Bonchev–Trinajstić information content (AvgIpc) is 3.48. The number of amides is 2. The molecule has 0 saturated heterocycles. The fraction of sp³-hybridized carbons (Fsp3) is 0.150. The van der Waals surface area contributed by atoms with Crippen LogP contribution in [0.4, 0.5) is 5.95 Å². The average molecular weight is 419 g/mol. The van der Waals surface area contributed by atoms with E-state index in [2.05, 4.69) is 25.8 Å². The van der Waals surface area contributed by atoms with Crippen LogP contribution < -0.4 is 10.6 Å². The number of H-pyrrole nitrogens is 1. The maximum Gasteiger partial charge on any atom is 0.268 e. The van der Waals surface area contributed by atoms with E-state index in [1.165, 1.54) is 11.3 Å². The van der Waals surface area contributed by atoms with Gasteiger partial charge in [-0.1, -0.05) is 12.1 Å². The third-order valence-corrected chi connectivity index (χ3v) is 5.52. The molecule has 3 N–H and O–H groups in total. The number of benzene rings is 1. The summed E-state index contributed by atoms with van der Waals surface area (Å²) in [5.41, 5.74) is 2.49. The summed E-state index contributed by atoms with van der Waals surface area (Å²) in [6, 6.07) is 13.0. The molecule has 0 aliphatic heterocycles. The van der Waals surface area contributed by atoms with Gasteiger partial charge < -0.3 is 9.88 Å². The molecule has 4 aromatic rings. The molecule has 0 saturated carbocycles. The van der Waals surface area contributed by atoms with E-state index in [1.54, 1.807) is 18.5 Å². The summed E-state index contributed by atoms with van der Waals surface area (Å²) in [4.78, 5) is 30.4. The van der Waals surface area contributed by atoms with Crippen molar-refractivity contribution >= 4 is 40.1 Å². The van der Waals surface area contributed by atoms with Gasteiger partial charge in [-0.15, -0.1) is 11.3 Å². The first-order chi connectivity index (χ1) is 14.7. The Morgan fingerprint density at radius 1 is 1.23 bits per heavy atom. The molecule has 0 aliphatic rings. The first-order valence-corrected chi connectivity index (χ1v) is 9.96. The van der Waals surface area contributed by atoms with Gasteiger partial charge in [-0.2, -0.15) is 10.4 Å². The first-order valence-electron chi connectivity index (χ1n) is 9.15. The van der Waals surface area contributed by atoms with Crippen LogP contribution in [0.3, 0.4) is 0 Å². The molecule has 2 amide bonds. The molecule has 0 fully saturated rings. The molecule has 150 valence electrons. The Bertz CT molecular complexity index is 1230. The van der Waals surface area contributed by atoms with Crippen molar-refractivity contribution < 1.29 is 9.59 Å². The molecule has 9 nitrogen and oxygen atoms in total. The zero-order chi connectivity index (χ0) is 20.9. The normalized spacial score (nSPS) is 10.6. The number of rotatable bonds is 7. The predicted molar refractivity (Wildman–Crippen MR) is 113 cm³/mol. The smallest absolute Gasteiger partial charge is 0.268 e. The SMILES string of the molecule is N#CCC(=O)NCCn1c(NC(=O)c2ccc(-c3cn[nH]c3)s2)nc2ccccc21. The van der Waals surface area contributed by atoms with Crippen LogP contribution in [0, 0.1) is 11.3 Å². The van der Waals surface area contributed by atoms with E-state index in [0.29, 0.717) is 23.9 Å². The van der Waals surface area contributed by atoms with Crippen molar-refractivity contribution in [2.24, 2.45) is 0 Å². The number of hydrogen-bond donors (Lipinski definition) is 3. The van der Waals surface area contributed by atoms with Crippen molar-refractivity contribution in [2.45, 2.75) is 13.0 Å². The van der Waals surface area contributed by atoms with Crippen molar-refractivity contribution in [2.75, 3.05) is 11.9 Å². The number of nitrogens with zero attached hydrogens (tertiary/aromatic N) is 4. The van der Waals surface area contributed by atoms with E-state index in [4.69, 9.17) is 5.26 Å². The molecular formula is C20H17N7O2S. The fourth-order valence-electron chi connectivity index (χ4n) is 3.00. The molecule has 4 rings (SSSR count). The Kier molecular flexibility index (Phi) is 5.54. The predicted octanol–water partition coefficient (Wildman–Crippen LogP) is 2.77. The summed E-state index contributed by atoms with van der Waals surface area (Å²) < 4.78 is 1.84. The van der Waals surface area contributed by atoms with Gasteiger partial charge in [-0.3, -0.25) is 20.0 Å². The second-order valence-corrected chi connectivity index (χ2v) is 7.45. The summed E-state index contributed by atoms with van der Waals surface area (Å²) in [5, 5.41) is 20.8. The number of carbonyl (C=O) groups excluding carboxylic acids is 2. The lowest BCUT2D eigenvalue weighted by Gasteiger charge is -2.10. The van der Waals surface area contributed by atoms with Crippen LogP contribution in [-0.4, -0.2) is 38.1 Å². The van der Waals surface area contributed by atoms with Crippen LogP contribution in [0.2, 0.25) is 0 Å². The Balaban J connectivity index is 1.54. The van der Waals surface area contributed by atoms with Gasteiger partial charge in [0.1, 0.15) is 6.42 Å². The third-order valence-electron chi connectivity index (χ3n) is 4.39. The molecule has 3 aromatic heterocycles. The van der Waals surface area contributed by atoms with E-state index in [0.717, 1.165) is 21.5 Å². The lowest BCUT2D eigenvalue weighted by atomic mass is 10.3. The van der Waals surface area contributed by atoms with E-state index >= 15 is 0 Å². The van der Waals surface area contributed by atoms with Crippen LogP contribution >= 0.6 is 11.3 Å². The highest BCUT2D eigenvalue weighted by Gasteiger charge is 2.16. The minimum Gasteiger partial charge on any atom is -0.353 e. The highest BCUT2D eigenvalue weighted by Crippen LogP contribution is 2.28. The van der Waals surface area contributed by atoms with E-state index in [-0.39, 0.29) is 18.2 Å². The number of para-hydroxylation sites is 2. The van der Waals surface area contributed by atoms with Gasteiger partial charge in [0, 0.05) is 29.7 Å². The topological polar surface area (TPSA) is 128 Å². The number of aromatic amines is 1. The number of thiophene rings is 1. The van der Waals surface area contributed by atoms with Gasteiger partial charge >= 0.3 is 0 Å². The van der Waals surface area contributed by atoms with Crippen LogP contribution in [0.25, 0.3) is 21.5 Å². The molecule has 0 aliphatic carbocycles. The number of anilines is 1. The number of fused-ring (bicyclic) bond motifs is 1. The quantitative estimate of drug-likeness (QED) is 0.424. The molecule has 0 radical (unpaired) electrons. The van der Waals surface area contributed by atoms with Crippen LogP contribution in [0.15, 0.2) is 48.8 Å². The van der Waals surface area contributed by atoms with Gasteiger partial charge in [0.05, 0.1) is 28.2 Å². The maximum atomic E-state index is 12.8. The molecule has 10 heteroatoms. The van der Waals surface area contributed by atoms with Gasteiger partial charge in [0.25, 0.3) is 5.91 Å². The number of nitriles is 1. The van der Waals surface area contributed by atoms with Crippen LogP contribution in [-0.2, 0) is 11.3 Å². The standard InChI is InChI=1S/C20H17N7O2S/c21-8-7-18(28)22-9-10-27-15-4-2-1-3-14(15)25-20(27)26-19(29)17-6-5-16(30-17)13-11-23-24-12-13/h1-6,11-12H,7,9-10H2,(H,22,28)(H,23,24)(H,25,26,29). The molecule has 0 atom stereocenters. The zero-order valence-corrected chi connectivity index (χ0v) is 16.6.